The third-order valence-electron chi connectivity index (χ3n) is 2.50. The average molecular weight is 294 g/mol. The largest absolute Gasteiger partial charge is 0.311 e. The number of aromatic nitrogens is 2. The molecule has 5 heteroatoms. The smallest absolute Gasteiger partial charge is 0.138 e. The van der Waals surface area contributed by atoms with E-state index in [9.17, 15) is 0 Å². The number of rotatable bonds is 6. The fraction of sp³-hybridized carbons (Fsp3) is 0.286. The SMILES string of the molecule is CCNCc1ccnc(CSc2ccc(Cl)cc2)n1. The quantitative estimate of drug-likeness (QED) is 0.827. The lowest BCUT2D eigenvalue weighted by atomic mass is 10.4. The summed E-state index contributed by atoms with van der Waals surface area (Å²) in [5, 5.41) is 4.02. The Morgan fingerprint density at radius 3 is 2.74 bits per heavy atom. The molecule has 3 nitrogen and oxygen atoms in total. The van der Waals surface area contributed by atoms with Gasteiger partial charge in [-0.05, 0) is 36.9 Å². The topological polar surface area (TPSA) is 37.8 Å². The molecule has 0 saturated heterocycles. The van der Waals surface area contributed by atoms with Crippen LogP contribution >= 0.6 is 23.4 Å². The maximum atomic E-state index is 5.86. The second-order valence-corrected chi connectivity index (χ2v) is 5.47. The summed E-state index contributed by atoms with van der Waals surface area (Å²) in [6.07, 6.45) is 1.82. The highest BCUT2D eigenvalue weighted by Gasteiger charge is 2.01. The Kier molecular flexibility index (Phi) is 5.63. The van der Waals surface area contributed by atoms with Gasteiger partial charge in [0.2, 0.25) is 0 Å². The van der Waals surface area contributed by atoms with E-state index in [0.717, 1.165) is 35.4 Å². The Balaban J connectivity index is 1.93. The Morgan fingerprint density at radius 2 is 2.00 bits per heavy atom. The van der Waals surface area contributed by atoms with Crippen molar-refractivity contribution in [1.29, 1.82) is 0 Å². The molecule has 2 rings (SSSR count). The number of hydrogen-bond donors (Lipinski definition) is 1. The number of nitrogens with one attached hydrogen (secondary N) is 1. The predicted molar refractivity (Wildman–Crippen MR) is 80.4 cm³/mol. The van der Waals surface area contributed by atoms with Crippen LogP contribution in [0, 0.1) is 0 Å². The third kappa shape index (κ3) is 4.82. The molecule has 0 spiro atoms. The number of hydrogen-bond acceptors (Lipinski definition) is 4. The molecule has 0 bridgehead atoms. The highest BCUT2D eigenvalue weighted by Crippen LogP contribution is 2.22. The van der Waals surface area contributed by atoms with E-state index < -0.39 is 0 Å². The molecule has 0 radical (unpaired) electrons. The van der Waals surface area contributed by atoms with Crippen LogP contribution in [0.4, 0.5) is 0 Å². The zero-order valence-electron chi connectivity index (χ0n) is 10.8. The minimum absolute atomic E-state index is 0.758. The van der Waals surface area contributed by atoms with E-state index in [1.807, 2.05) is 36.5 Å². The second kappa shape index (κ2) is 7.48. The first-order valence-corrected chi connectivity index (χ1v) is 7.54. The van der Waals surface area contributed by atoms with Gasteiger partial charge >= 0.3 is 0 Å². The van der Waals surface area contributed by atoms with Crippen LogP contribution in [0.2, 0.25) is 5.02 Å². The van der Waals surface area contributed by atoms with Crippen molar-refractivity contribution in [1.82, 2.24) is 15.3 Å². The maximum Gasteiger partial charge on any atom is 0.138 e. The van der Waals surface area contributed by atoms with Crippen LogP contribution in [0.25, 0.3) is 0 Å². The van der Waals surface area contributed by atoms with Gasteiger partial charge in [-0.25, -0.2) is 9.97 Å². The zero-order chi connectivity index (χ0) is 13.5. The fourth-order valence-corrected chi connectivity index (χ4v) is 2.43. The molecule has 1 heterocycles. The molecule has 0 atom stereocenters. The predicted octanol–water partition coefficient (Wildman–Crippen LogP) is 3.53. The third-order valence-corrected chi connectivity index (χ3v) is 3.76. The first kappa shape index (κ1) is 14.3. The molecule has 0 aliphatic rings. The zero-order valence-corrected chi connectivity index (χ0v) is 12.3. The summed E-state index contributed by atoms with van der Waals surface area (Å²) in [5.74, 6) is 1.62. The fourth-order valence-electron chi connectivity index (χ4n) is 1.54. The standard InChI is InChI=1S/C14H16ClN3S/c1-2-16-9-12-7-8-17-14(18-12)10-19-13-5-3-11(15)4-6-13/h3-8,16H,2,9-10H2,1H3. The summed E-state index contributed by atoms with van der Waals surface area (Å²) in [6.45, 7) is 3.81. The molecule has 0 saturated carbocycles. The van der Waals surface area contributed by atoms with Crippen LogP contribution in [0.1, 0.15) is 18.4 Å². The molecule has 1 aromatic heterocycles. The van der Waals surface area contributed by atoms with E-state index in [1.54, 1.807) is 11.8 Å². The first-order chi connectivity index (χ1) is 9.28. The molecular weight excluding hydrogens is 278 g/mol. The molecule has 0 unspecified atom stereocenters. The summed E-state index contributed by atoms with van der Waals surface area (Å²) >= 11 is 7.57. The second-order valence-electron chi connectivity index (χ2n) is 3.99. The molecule has 1 aromatic carbocycles. The van der Waals surface area contributed by atoms with Gasteiger partial charge in [-0.2, -0.15) is 0 Å². The first-order valence-electron chi connectivity index (χ1n) is 6.18. The lowest BCUT2D eigenvalue weighted by molar-refractivity contribution is 0.704. The normalized spacial score (nSPS) is 10.6. The van der Waals surface area contributed by atoms with E-state index in [-0.39, 0.29) is 0 Å². The molecule has 0 fully saturated rings. The van der Waals surface area contributed by atoms with Gasteiger partial charge in [0.1, 0.15) is 5.82 Å². The Bertz CT molecular complexity index is 516. The molecule has 19 heavy (non-hydrogen) atoms. The van der Waals surface area contributed by atoms with Crippen molar-refractivity contribution in [2.75, 3.05) is 6.54 Å². The number of benzene rings is 1. The van der Waals surface area contributed by atoms with Crippen molar-refractivity contribution in [3.05, 3.63) is 53.1 Å². The molecular formula is C14H16ClN3S. The summed E-state index contributed by atoms with van der Waals surface area (Å²) in [4.78, 5) is 9.99. The lowest BCUT2D eigenvalue weighted by Gasteiger charge is -2.04. The van der Waals surface area contributed by atoms with Crippen molar-refractivity contribution in [2.45, 2.75) is 24.1 Å². The van der Waals surface area contributed by atoms with Crippen LogP contribution in [0.5, 0.6) is 0 Å². The van der Waals surface area contributed by atoms with Crippen LogP contribution in [0.3, 0.4) is 0 Å². The minimum atomic E-state index is 0.758. The van der Waals surface area contributed by atoms with Gasteiger partial charge < -0.3 is 5.32 Å². The number of halogens is 1. The van der Waals surface area contributed by atoms with E-state index >= 15 is 0 Å². The van der Waals surface area contributed by atoms with Crippen LogP contribution < -0.4 is 5.32 Å². The van der Waals surface area contributed by atoms with E-state index in [2.05, 4.69) is 22.2 Å². The van der Waals surface area contributed by atoms with E-state index in [0.29, 0.717) is 0 Å². The Hall–Kier alpha value is -1.10. The van der Waals surface area contributed by atoms with Crippen LogP contribution in [-0.4, -0.2) is 16.5 Å². The molecule has 100 valence electrons. The molecule has 2 aromatic rings. The van der Waals surface area contributed by atoms with Crippen molar-refractivity contribution < 1.29 is 0 Å². The summed E-state index contributed by atoms with van der Waals surface area (Å²) in [7, 11) is 0. The monoisotopic (exact) mass is 293 g/mol. The molecule has 0 amide bonds. The maximum absolute atomic E-state index is 5.86. The van der Waals surface area contributed by atoms with Crippen molar-refractivity contribution in [2.24, 2.45) is 0 Å². The van der Waals surface area contributed by atoms with Gasteiger partial charge in [0.15, 0.2) is 0 Å². The van der Waals surface area contributed by atoms with Gasteiger partial charge in [0.25, 0.3) is 0 Å². The van der Waals surface area contributed by atoms with Crippen LogP contribution in [0.15, 0.2) is 41.4 Å². The highest BCUT2D eigenvalue weighted by atomic mass is 35.5. The Morgan fingerprint density at radius 1 is 1.21 bits per heavy atom. The van der Waals surface area contributed by atoms with E-state index in [1.165, 1.54) is 4.90 Å². The van der Waals surface area contributed by atoms with Crippen LogP contribution in [-0.2, 0) is 12.3 Å². The van der Waals surface area contributed by atoms with Gasteiger partial charge in [-0.15, -0.1) is 11.8 Å². The van der Waals surface area contributed by atoms with Gasteiger partial charge in [0, 0.05) is 22.7 Å². The highest BCUT2D eigenvalue weighted by molar-refractivity contribution is 7.98. The number of nitrogens with zero attached hydrogens (tertiary/aromatic N) is 2. The average Bonchev–Trinajstić information content (AvgIpc) is 2.45. The lowest BCUT2D eigenvalue weighted by Crippen LogP contribution is -2.13. The van der Waals surface area contributed by atoms with Crippen molar-refractivity contribution in [3.63, 3.8) is 0 Å². The molecule has 0 aliphatic heterocycles. The van der Waals surface area contributed by atoms with E-state index in [4.69, 9.17) is 11.6 Å². The van der Waals surface area contributed by atoms with Crippen molar-refractivity contribution in [3.8, 4) is 0 Å². The molecule has 1 N–H and O–H groups in total. The summed E-state index contributed by atoms with van der Waals surface area (Å²) in [6, 6.07) is 9.75. The minimum Gasteiger partial charge on any atom is -0.311 e. The van der Waals surface area contributed by atoms with Gasteiger partial charge in [-0.3, -0.25) is 0 Å². The van der Waals surface area contributed by atoms with Gasteiger partial charge in [-0.1, -0.05) is 18.5 Å². The number of thioether (sulfide) groups is 1. The summed E-state index contributed by atoms with van der Waals surface area (Å²) in [5.41, 5.74) is 1.03. The molecule has 0 aliphatic carbocycles. The Labute approximate surface area is 122 Å². The van der Waals surface area contributed by atoms with Gasteiger partial charge in [0.05, 0.1) is 11.4 Å². The summed E-state index contributed by atoms with van der Waals surface area (Å²) < 4.78 is 0. The van der Waals surface area contributed by atoms with Crippen molar-refractivity contribution >= 4 is 23.4 Å².